The number of halogens is 3. The predicted molar refractivity (Wildman–Crippen MR) is 136 cm³/mol. The van der Waals surface area contributed by atoms with Crippen LogP contribution < -0.4 is 5.32 Å². The zero-order valence-electron chi connectivity index (χ0n) is 20.0. The summed E-state index contributed by atoms with van der Waals surface area (Å²) in [6, 6.07) is 14.5. The van der Waals surface area contributed by atoms with Crippen molar-refractivity contribution in [2.75, 3.05) is 5.32 Å². The minimum atomic E-state index is -4.56. The number of amides is 1. The van der Waals surface area contributed by atoms with E-state index in [0.29, 0.717) is 22.3 Å². The van der Waals surface area contributed by atoms with Crippen molar-refractivity contribution in [1.29, 1.82) is 0 Å². The van der Waals surface area contributed by atoms with Crippen molar-refractivity contribution in [3.05, 3.63) is 77.5 Å². The molecule has 0 aliphatic rings. The molecule has 11 heteroatoms. The third-order valence-electron chi connectivity index (χ3n) is 5.84. The first-order chi connectivity index (χ1) is 17.6. The van der Waals surface area contributed by atoms with Gasteiger partial charge in [-0.05, 0) is 38.5 Å². The van der Waals surface area contributed by atoms with Crippen LogP contribution in [0.1, 0.15) is 41.4 Å². The fourth-order valence-electron chi connectivity index (χ4n) is 4.06. The van der Waals surface area contributed by atoms with Crippen LogP contribution in [0.4, 0.5) is 18.3 Å². The molecule has 0 radical (unpaired) electrons. The number of hydrogen-bond donors (Lipinski definition) is 1. The van der Waals surface area contributed by atoms with Crippen LogP contribution in [0.3, 0.4) is 0 Å². The Hall–Kier alpha value is -4.12. The first-order valence-corrected chi connectivity index (χ1v) is 12.2. The molecule has 3 aromatic heterocycles. The van der Waals surface area contributed by atoms with Crippen molar-refractivity contribution in [3.63, 3.8) is 0 Å². The van der Waals surface area contributed by atoms with Crippen LogP contribution in [0.25, 0.3) is 33.7 Å². The lowest BCUT2D eigenvalue weighted by atomic mass is 10.0. The van der Waals surface area contributed by atoms with Crippen LogP contribution in [-0.4, -0.2) is 30.0 Å². The lowest BCUT2D eigenvalue weighted by molar-refractivity contribution is -0.137. The average Bonchev–Trinajstić information content (AvgIpc) is 3.50. The SMILES string of the molecule is Cc1ccccc1-c1cc(C(=O)Nc2nc(-c3ccccc3C(F)(F)F)ns2)c2cnn(C(C)C)c2n1. The maximum atomic E-state index is 13.4. The number of carbonyl (C=O) groups excluding carboxylic acids is 1. The first-order valence-electron chi connectivity index (χ1n) is 11.4. The van der Waals surface area contributed by atoms with Crippen molar-refractivity contribution in [1.82, 2.24) is 24.1 Å². The molecule has 0 saturated carbocycles. The number of fused-ring (bicyclic) bond motifs is 1. The number of nitrogens with one attached hydrogen (secondary N) is 1. The molecule has 0 aliphatic heterocycles. The van der Waals surface area contributed by atoms with Gasteiger partial charge in [0.05, 0.1) is 28.4 Å². The van der Waals surface area contributed by atoms with Gasteiger partial charge < -0.3 is 0 Å². The fraction of sp³-hybridized carbons (Fsp3) is 0.192. The van der Waals surface area contributed by atoms with Gasteiger partial charge in [-0.15, -0.1) is 0 Å². The Morgan fingerprint density at radius 2 is 1.73 bits per heavy atom. The van der Waals surface area contributed by atoms with Crippen molar-refractivity contribution in [3.8, 4) is 22.6 Å². The highest BCUT2D eigenvalue weighted by Gasteiger charge is 2.34. The summed E-state index contributed by atoms with van der Waals surface area (Å²) in [5.41, 5.74) is 2.35. The largest absolute Gasteiger partial charge is 0.417 e. The smallest absolute Gasteiger partial charge is 0.297 e. The molecule has 188 valence electrons. The highest BCUT2D eigenvalue weighted by molar-refractivity contribution is 7.10. The minimum absolute atomic E-state index is 0.00690. The van der Waals surface area contributed by atoms with Gasteiger partial charge in [-0.25, -0.2) is 9.67 Å². The van der Waals surface area contributed by atoms with Gasteiger partial charge in [0.1, 0.15) is 0 Å². The standard InChI is InChI=1S/C26H21F3N6OS/c1-14(2)35-23-19(13-30-35)18(12-21(31-23)16-9-5-4-8-15(16)3)24(36)33-25-32-22(34-37-25)17-10-6-7-11-20(17)26(27,28)29/h4-14H,1-3H3,(H,32,33,34,36). The predicted octanol–water partition coefficient (Wildman–Crippen LogP) is 6.78. The molecule has 0 saturated heterocycles. The van der Waals surface area contributed by atoms with E-state index in [1.54, 1.807) is 16.9 Å². The number of carbonyl (C=O) groups is 1. The highest BCUT2D eigenvalue weighted by atomic mass is 32.1. The molecule has 0 unspecified atom stereocenters. The molecule has 0 aliphatic carbocycles. The zero-order valence-corrected chi connectivity index (χ0v) is 20.9. The Morgan fingerprint density at radius 3 is 2.43 bits per heavy atom. The Bertz CT molecular complexity index is 1620. The van der Waals surface area contributed by atoms with Crippen LogP contribution in [0, 0.1) is 6.92 Å². The monoisotopic (exact) mass is 522 g/mol. The summed E-state index contributed by atoms with van der Waals surface area (Å²) in [4.78, 5) is 22.4. The fourth-order valence-corrected chi connectivity index (χ4v) is 4.63. The van der Waals surface area contributed by atoms with Crippen molar-refractivity contribution < 1.29 is 18.0 Å². The lowest BCUT2D eigenvalue weighted by Crippen LogP contribution is -2.13. The van der Waals surface area contributed by atoms with Gasteiger partial charge in [-0.1, -0.05) is 42.5 Å². The molecular formula is C26H21F3N6OS. The van der Waals surface area contributed by atoms with E-state index in [1.807, 2.05) is 45.0 Å². The second-order valence-corrected chi connectivity index (χ2v) is 9.46. The number of anilines is 1. The van der Waals surface area contributed by atoms with Gasteiger partial charge in [0.25, 0.3) is 5.91 Å². The molecule has 7 nitrogen and oxygen atoms in total. The Labute approximate surface area is 214 Å². The average molecular weight is 523 g/mol. The van der Waals surface area contributed by atoms with E-state index in [1.165, 1.54) is 18.2 Å². The zero-order chi connectivity index (χ0) is 26.3. The number of aromatic nitrogens is 5. The Balaban J connectivity index is 1.54. The van der Waals surface area contributed by atoms with Gasteiger partial charge >= 0.3 is 6.18 Å². The molecule has 37 heavy (non-hydrogen) atoms. The molecule has 0 fully saturated rings. The molecule has 0 spiro atoms. The molecule has 5 rings (SSSR count). The van der Waals surface area contributed by atoms with E-state index >= 15 is 0 Å². The summed E-state index contributed by atoms with van der Waals surface area (Å²) in [7, 11) is 0. The molecule has 0 bridgehead atoms. The second kappa shape index (κ2) is 9.40. The molecule has 0 atom stereocenters. The molecular weight excluding hydrogens is 501 g/mol. The van der Waals surface area contributed by atoms with Crippen LogP contribution in [0.15, 0.2) is 60.8 Å². The van der Waals surface area contributed by atoms with Gasteiger partial charge in [0, 0.05) is 28.7 Å². The van der Waals surface area contributed by atoms with Gasteiger partial charge in [-0.2, -0.15) is 27.6 Å². The van der Waals surface area contributed by atoms with E-state index in [4.69, 9.17) is 4.98 Å². The summed E-state index contributed by atoms with van der Waals surface area (Å²) in [5.74, 6) is -0.598. The van der Waals surface area contributed by atoms with Gasteiger partial charge in [0.15, 0.2) is 11.5 Å². The first kappa shape index (κ1) is 24.6. The van der Waals surface area contributed by atoms with Crippen LogP contribution in [0.5, 0.6) is 0 Å². The minimum Gasteiger partial charge on any atom is -0.297 e. The third-order valence-corrected chi connectivity index (χ3v) is 6.47. The molecule has 1 N–H and O–H groups in total. The van der Waals surface area contributed by atoms with Gasteiger partial charge in [-0.3, -0.25) is 10.1 Å². The second-order valence-electron chi connectivity index (χ2n) is 8.71. The van der Waals surface area contributed by atoms with Crippen LogP contribution in [0.2, 0.25) is 0 Å². The topological polar surface area (TPSA) is 85.6 Å². The number of alkyl halides is 3. The van der Waals surface area contributed by atoms with E-state index in [-0.39, 0.29) is 22.6 Å². The summed E-state index contributed by atoms with van der Waals surface area (Å²) < 4.78 is 46.2. The van der Waals surface area contributed by atoms with E-state index in [9.17, 15) is 18.0 Å². The number of aryl methyl sites for hydroxylation is 1. The lowest BCUT2D eigenvalue weighted by Gasteiger charge is -2.11. The summed E-state index contributed by atoms with van der Waals surface area (Å²) in [6.45, 7) is 5.90. The summed E-state index contributed by atoms with van der Waals surface area (Å²) >= 11 is 0.808. The van der Waals surface area contributed by atoms with Crippen molar-refractivity contribution in [2.45, 2.75) is 33.0 Å². The highest BCUT2D eigenvalue weighted by Crippen LogP contribution is 2.37. The number of pyridine rings is 1. The number of rotatable bonds is 5. The van der Waals surface area contributed by atoms with E-state index < -0.39 is 17.6 Å². The molecule has 2 aromatic carbocycles. The van der Waals surface area contributed by atoms with Gasteiger partial charge in [0.2, 0.25) is 5.13 Å². The maximum absolute atomic E-state index is 13.4. The number of hydrogen-bond acceptors (Lipinski definition) is 6. The number of benzene rings is 2. The summed E-state index contributed by atoms with van der Waals surface area (Å²) in [6.07, 6.45) is -2.97. The van der Waals surface area contributed by atoms with Crippen LogP contribution in [-0.2, 0) is 6.18 Å². The maximum Gasteiger partial charge on any atom is 0.417 e. The van der Waals surface area contributed by atoms with Crippen LogP contribution >= 0.6 is 11.5 Å². The number of nitrogens with zero attached hydrogens (tertiary/aromatic N) is 5. The van der Waals surface area contributed by atoms with Crippen molar-refractivity contribution in [2.24, 2.45) is 0 Å². The summed E-state index contributed by atoms with van der Waals surface area (Å²) in [5, 5.41) is 7.74. The quantitative estimate of drug-likeness (QED) is 0.275. The van der Waals surface area contributed by atoms with Crippen molar-refractivity contribution >= 4 is 33.6 Å². The Morgan fingerprint density at radius 1 is 1.03 bits per heavy atom. The molecule has 5 aromatic rings. The third kappa shape index (κ3) is 4.69. The van der Waals surface area contributed by atoms with E-state index in [2.05, 4.69) is 19.8 Å². The Kier molecular flexibility index (Phi) is 6.24. The molecule has 3 heterocycles. The van der Waals surface area contributed by atoms with E-state index in [0.717, 1.165) is 28.7 Å². The molecule has 1 amide bonds. The normalized spacial score (nSPS) is 11.9.